The molecule has 0 aromatic heterocycles. The number of hydrogen-bond donors (Lipinski definition) is 2. The van der Waals surface area contributed by atoms with Gasteiger partial charge in [-0.25, -0.2) is 0 Å². The quantitative estimate of drug-likeness (QED) is 0.745. The molecule has 4 rings (SSSR count). The Labute approximate surface area is 153 Å². The SMILES string of the molecule is C/C=C1\O[C@@H]2OC(C)(C)O[C@@H]2[C@@]1(O)[C@]12OC(C)(C)O[C@H]1O[C@@H](CC)[C@H]2O. The van der Waals surface area contributed by atoms with Crippen molar-refractivity contribution in [1.29, 1.82) is 0 Å². The first-order chi connectivity index (χ1) is 12.0. The molecule has 7 atom stereocenters. The van der Waals surface area contributed by atoms with Gasteiger partial charge in [-0.1, -0.05) is 6.92 Å². The third-order valence-corrected chi connectivity index (χ3v) is 5.59. The minimum atomic E-state index is -1.85. The lowest BCUT2D eigenvalue weighted by Crippen LogP contribution is -2.69. The summed E-state index contributed by atoms with van der Waals surface area (Å²) in [5, 5.41) is 23.1. The van der Waals surface area contributed by atoms with Crippen molar-refractivity contribution >= 4 is 0 Å². The standard InChI is InChI=1S/C18H28O8/c1-7-9-11(19)18(14(21-9)25-16(5,6)26-18)17(20)10(8-2)22-13-12(17)23-15(3,4)24-13/h8-9,11-14,19-20H,7H2,1-6H3/b10-8-/t9-,11+,12-,13+,14+,17+,18+/m0/s1. The molecule has 0 amide bonds. The summed E-state index contributed by atoms with van der Waals surface area (Å²) >= 11 is 0. The molecule has 0 bridgehead atoms. The maximum Gasteiger partial charge on any atom is 0.232 e. The molecule has 26 heavy (non-hydrogen) atoms. The van der Waals surface area contributed by atoms with Gasteiger partial charge in [-0.2, -0.15) is 0 Å². The molecule has 0 aromatic carbocycles. The Morgan fingerprint density at radius 1 is 1.08 bits per heavy atom. The Balaban J connectivity index is 1.86. The van der Waals surface area contributed by atoms with E-state index in [1.165, 1.54) is 0 Å². The lowest BCUT2D eigenvalue weighted by molar-refractivity contribution is -0.265. The predicted octanol–water partition coefficient (Wildman–Crippen LogP) is 1.15. The van der Waals surface area contributed by atoms with Gasteiger partial charge in [-0.3, -0.25) is 0 Å². The van der Waals surface area contributed by atoms with Crippen molar-refractivity contribution < 1.29 is 38.6 Å². The van der Waals surface area contributed by atoms with Crippen LogP contribution in [0.4, 0.5) is 0 Å². The largest absolute Gasteiger partial charge is 0.463 e. The summed E-state index contributed by atoms with van der Waals surface area (Å²) in [7, 11) is 0. The highest BCUT2D eigenvalue weighted by atomic mass is 16.9. The van der Waals surface area contributed by atoms with Crippen molar-refractivity contribution in [1.82, 2.24) is 0 Å². The first-order valence-corrected chi connectivity index (χ1v) is 9.13. The summed E-state index contributed by atoms with van der Waals surface area (Å²) in [5.74, 6) is -1.79. The summed E-state index contributed by atoms with van der Waals surface area (Å²) in [4.78, 5) is 0. The first kappa shape index (κ1) is 18.6. The van der Waals surface area contributed by atoms with Crippen LogP contribution in [0.25, 0.3) is 0 Å². The third kappa shape index (κ3) is 2.15. The summed E-state index contributed by atoms with van der Waals surface area (Å²) < 4.78 is 35.6. The van der Waals surface area contributed by atoms with Crippen LogP contribution in [0, 0.1) is 0 Å². The van der Waals surface area contributed by atoms with Gasteiger partial charge < -0.3 is 38.6 Å². The van der Waals surface area contributed by atoms with Crippen molar-refractivity contribution in [2.75, 3.05) is 0 Å². The zero-order valence-corrected chi connectivity index (χ0v) is 16.0. The molecule has 4 aliphatic heterocycles. The van der Waals surface area contributed by atoms with Crippen LogP contribution in [0.3, 0.4) is 0 Å². The molecule has 8 heteroatoms. The zero-order chi connectivity index (χ0) is 19.1. The fourth-order valence-electron chi connectivity index (χ4n) is 4.62. The number of allylic oxidation sites excluding steroid dienone is 1. The summed E-state index contributed by atoms with van der Waals surface area (Å²) in [6.07, 6.45) is -2.24. The van der Waals surface area contributed by atoms with Crippen LogP contribution in [0.15, 0.2) is 11.8 Å². The van der Waals surface area contributed by atoms with Crippen LogP contribution >= 0.6 is 0 Å². The Morgan fingerprint density at radius 2 is 1.77 bits per heavy atom. The molecule has 0 saturated carbocycles. The van der Waals surface area contributed by atoms with Crippen molar-refractivity contribution in [2.24, 2.45) is 0 Å². The average Bonchev–Trinajstić information content (AvgIpc) is 3.16. The zero-order valence-electron chi connectivity index (χ0n) is 16.0. The lowest BCUT2D eigenvalue weighted by atomic mass is 9.73. The van der Waals surface area contributed by atoms with Crippen LogP contribution in [0.2, 0.25) is 0 Å². The normalized spacial score (nSPS) is 52.9. The summed E-state index contributed by atoms with van der Waals surface area (Å²) in [5.41, 5.74) is -3.45. The number of ether oxygens (including phenoxy) is 6. The molecule has 4 fully saturated rings. The Morgan fingerprint density at radius 3 is 2.38 bits per heavy atom. The molecule has 0 aromatic rings. The Kier molecular flexibility index (Phi) is 3.87. The number of rotatable bonds is 2. The van der Waals surface area contributed by atoms with E-state index in [1.807, 2.05) is 6.92 Å². The van der Waals surface area contributed by atoms with Gasteiger partial charge in [0.1, 0.15) is 11.9 Å². The third-order valence-electron chi connectivity index (χ3n) is 5.59. The molecule has 4 heterocycles. The van der Waals surface area contributed by atoms with Crippen LogP contribution < -0.4 is 0 Å². The number of aliphatic hydroxyl groups excluding tert-OH is 1. The average molecular weight is 372 g/mol. The van der Waals surface area contributed by atoms with E-state index in [9.17, 15) is 10.2 Å². The van der Waals surface area contributed by atoms with Crippen molar-refractivity contribution in [2.45, 2.75) is 102 Å². The van der Waals surface area contributed by atoms with Gasteiger partial charge in [0.05, 0.1) is 6.10 Å². The van der Waals surface area contributed by atoms with E-state index >= 15 is 0 Å². The van der Waals surface area contributed by atoms with E-state index in [1.54, 1.807) is 40.7 Å². The van der Waals surface area contributed by atoms with E-state index in [2.05, 4.69) is 0 Å². The maximum atomic E-state index is 12.0. The minimum absolute atomic E-state index is 0.216. The number of hydrogen-bond acceptors (Lipinski definition) is 8. The van der Waals surface area contributed by atoms with E-state index in [0.717, 1.165) is 0 Å². The molecular weight excluding hydrogens is 344 g/mol. The van der Waals surface area contributed by atoms with Crippen LogP contribution in [-0.2, 0) is 28.4 Å². The highest BCUT2D eigenvalue weighted by molar-refractivity contribution is 5.33. The van der Waals surface area contributed by atoms with E-state index in [0.29, 0.717) is 6.42 Å². The summed E-state index contributed by atoms with van der Waals surface area (Å²) in [6, 6.07) is 0. The van der Waals surface area contributed by atoms with Crippen LogP contribution in [-0.4, -0.2) is 63.9 Å². The number of aliphatic hydroxyl groups is 2. The fourth-order valence-corrected chi connectivity index (χ4v) is 4.62. The molecular formula is C18H28O8. The van der Waals surface area contributed by atoms with Gasteiger partial charge >= 0.3 is 0 Å². The molecule has 0 spiro atoms. The second kappa shape index (κ2) is 5.41. The van der Waals surface area contributed by atoms with E-state index < -0.39 is 53.7 Å². The van der Waals surface area contributed by atoms with Gasteiger partial charge in [0.25, 0.3) is 0 Å². The van der Waals surface area contributed by atoms with Gasteiger partial charge in [0.15, 0.2) is 35.2 Å². The van der Waals surface area contributed by atoms with Crippen molar-refractivity contribution in [3.63, 3.8) is 0 Å². The molecule has 148 valence electrons. The molecule has 0 unspecified atom stereocenters. The minimum Gasteiger partial charge on any atom is -0.463 e. The van der Waals surface area contributed by atoms with Crippen LogP contribution in [0.1, 0.15) is 48.0 Å². The monoisotopic (exact) mass is 372 g/mol. The van der Waals surface area contributed by atoms with Gasteiger partial charge in [-0.15, -0.1) is 0 Å². The highest BCUT2D eigenvalue weighted by Gasteiger charge is 2.81. The topological polar surface area (TPSA) is 95.8 Å². The van der Waals surface area contributed by atoms with Crippen molar-refractivity contribution in [3.05, 3.63) is 11.8 Å². The molecule has 0 aliphatic carbocycles. The fraction of sp³-hybridized carbons (Fsp3) is 0.889. The first-order valence-electron chi connectivity index (χ1n) is 9.13. The highest BCUT2D eigenvalue weighted by Crippen LogP contribution is 2.59. The number of fused-ring (bicyclic) bond motifs is 2. The lowest BCUT2D eigenvalue weighted by Gasteiger charge is -2.44. The molecule has 4 aliphatic rings. The maximum absolute atomic E-state index is 12.0. The molecule has 8 nitrogen and oxygen atoms in total. The molecule has 2 N–H and O–H groups in total. The Hall–Kier alpha value is -0.740. The molecule has 0 radical (unpaired) electrons. The predicted molar refractivity (Wildman–Crippen MR) is 87.6 cm³/mol. The van der Waals surface area contributed by atoms with Gasteiger partial charge in [-0.05, 0) is 47.1 Å². The van der Waals surface area contributed by atoms with Gasteiger partial charge in [0, 0.05) is 0 Å². The smallest absolute Gasteiger partial charge is 0.232 e. The summed E-state index contributed by atoms with van der Waals surface area (Å²) in [6.45, 7) is 10.5. The second-order valence-corrected chi connectivity index (χ2v) is 8.23. The van der Waals surface area contributed by atoms with Gasteiger partial charge in [0.2, 0.25) is 6.29 Å². The molecule has 4 saturated heterocycles. The Bertz CT molecular complexity index is 631. The second-order valence-electron chi connectivity index (χ2n) is 8.23. The van der Waals surface area contributed by atoms with Crippen LogP contribution in [0.5, 0.6) is 0 Å². The van der Waals surface area contributed by atoms with E-state index in [-0.39, 0.29) is 5.76 Å². The van der Waals surface area contributed by atoms with Crippen molar-refractivity contribution in [3.8, 4) is 0 Å². The van der Waals surface area contributed by atoms with E-state index in [4.69, 9.17) is 28.4 Å².